The molecule has 0 saturated carbocycles. The van der Waals surface area contributed by atoms with Crippen molar-refractivity contribution in [2.24, 2.45) is 4.99 Å². The molecule has 1 heterocycles. The number of hydrogen-bond acceptors (Lipinski definition) is 7. The number of nitrogens with zero attached hydrogens (tertiary/aromatic N) is 2. The Morgan fingerprint density at radius 2 is 1.89 bits per heavy atom. The molecular weight excluding hydrogens is 502 g/mol. The first-order valence-electron chi connectivity index (χ1n) is 11.0. The highest BCUT2D eigenvalue weighted by Gasteiger charge is 2.24. The summed E-state index contributed by atoms with van der Waals surface area (Å²) in [7, 11) is 0. The molecular formula is C26H22ClN3O5S. The van der Waals surface area contributed by atoms with E-state index in [0.29, 0.717) is 38.9 Å². The Morgan fingerprint density at radius 1 is 1.11 bits per heavy atom. The number of amides is 1. The lowest BCUT2D eigenvalue weighted by Crippen LogP contribution is -2.19. The molecule has 0 unspecified atom stereocenters. The number of ether oxygens (including phenoxy) is 2. The van der Waals surface area contributed by atoms with E-state index in [9.17, 15) is 14.9 Å². The van der Waals surface area contributed by atoms with Gasteiger partial charge in [0.2, 0.25) is 0 Å². The van der Waals surface area contributed by atoms with Crippen LogP contribution in [0.1, 0.15) is 23.6 Å². The van der Waals surface area contributed by atoms with E-state index in [2.05, 4.69) is 10.3 Å². The summed E-state index contributed by atoms with van der Waals surface area (Å²) in [6.45, 7) is 4.39. The van der Waals surface area contributed by atoms with Gasteiger partial charge >= 0.3 is 0 Å². The third-order valence-electron chi connectivity index (χ3n) is 5.22. The Bertz CT molecular complexity index is 1370. The van der Waals surface area contributed by atoms with E-state index in [-0.39, 0.29) is 18.2 Å². The van der Waals surface area contributed by atoms with Crippen molar-refractivity contribution in [1.82, 2.24) is 5.32 Å². The smallest absolute Gasteiger partial charge is 0.269 e. The van der Waals surface area contributed by atoms with Crippen LogP contribution in [0.15, 0.2) is 70.6 Å². The number of aliphatic imine (C=N–C) groups is 1. The molecule has 1 aliphatic rings. The summed E-state index contributed by atoms with van der Waals surface area (Å²) in [5, 5.41) is 14.7. The van der Waals surface area contributed by atoms with Gasteiger partial charge < -0.3 is 14.8 Å². The van der Waals surface area contributed by atoms with Crippen LogP contribution in [-0.2, 0) is 11.4 Å². The first-order valence-corrected chi connectivity index (χ1v) is 12.2. The lowest BCUT2D eigenvalue weighted by Gasteiger charge is -2.13. The number of benzene rings is 3. The van der Waals surface area contributed by atoms with Gasteiger partial charge in [-0.05, 0) is 84.8 Å². The second-order valence-corrected chi connectivity index (χ2v) is 9.15. The zero-order valence-electron chi connectivity index (χ0n) is 19.5. The minimum absolute atomic E-state index is 0.0240. The molecule has 184 valence electrons. The summed E-state index contributed by atoms with van der Waals surface area (Å²) in [6.07, 6.45) is 1.76. The van der Waals surface area contributed by atoms with Crippen molar-refractivity contribution in [2.75, 3.05) is 6.61 Å². The van der Waals surface area contributed by atoms with Crippen molar-refractivity contribution in [3.8, 4) is 11.5 Å². The second-order valence-electron chi connectivity index (χ2n) is 7.72. The Balaban J connectivity index is 1.50. The molecule has 36 heavy (non-hydrogen) atoms. The molecule has 0 aliphatic carbocycles. The van der Waals surface area contributed by atoms with Crippen LogP contribution in [0.3, 0.4) is 0 Å². The van der Waals surface area contributed by atoms with E-state index in [1.165, 1.54) is 23.9 Å². The van der Waals surface area contributed by atoms with Gasteiger partial charge in [-0.15, -0.1) is 0 Å². The van der Waals surface area contributed by atoms with Gasteiger partial charge in [-0.25, -0.2) is 4.99 Å². The molecule has 1 aliphatic heterocycles. The summed E-state index contributed by atoms with van der Waals surface area (Å²) < 4.78 is 11.6. The van der Waals surface area contributed by atoms with E-state index < -0.39 is 4.92 Å². The Morgan fingerprint density at radius 3 is 2.61 bits per heavy atom. The van der Waals surface area contributed by atoms with Crippen molar-refractivity contribution < 1.29 is 19.2 Å². The van der Waals surface area contributed by atoms with E-state index in [1.807, 2.05) is 32.0 Å². The molecule has 0 radical (unpaired) electrons. The lowest BCUT2D eigenvalue weighted by molar-refractivity contribution is -0.384. The summed E-state index contributed by atoms with van der Waals surface area (Å²) >= 11 is 7.42. The van der Waals surface area contributed by atoms with Gasteiger partial charge in [0.25, 0.3) is 11.6 Å². The fraction of sp³-hybridized carbons (Fsp3) is 0.154. The highest BCUT2D eigenvalue weighted by atomic mass is 35.5. The van der Waals surface area contributed by atoms with Gasteiger partial charge in [0.1, 0.15) is 6.61 Å². The van der Waals surface area contributed by atoms with Crippen molar-refractivity contribution in [3.05, 3.63) is 97.4 Å². The summed E-state index contributed by atoms with van der Waals surface area (Å²) in [4.78, 5) is 27.9. The van der Waals surface area contributed by atoms with Gasteiger partial charge in [-0.2, -0.15) is 0 Å². The number of hydrogen-bond donors (Lipinski definition) is 1. The number of thioether (sulfide) groups is 1. The molecule has 0 bridgehead atoms. The molecule has 0 aromatic heterocycles. The van der Waals surface area contributed by atoms with E-state index in [1.54, 1.807) is 36.4 Å². The highest BCUT2D eigenvalue weighted by Crippen LogP contribution is 2.34. The molecule has 0 atom stereocenters. The van der Waals surface area contributed by atoms with Crippen LogP contribution >= 0.6 is 23.4 Å². The van der Waals surface area contributed by atoms with Crippen LogP contribution in [0, 0.1) is 17.0 Å². The minimum atomic E-state index is -0.443. The van der Waals surface area contributed by atoms with E-state index in [0.717, 1.165) is 16.7 Å². The SMILES string of the molecule is CCOc1cc(/C=C2\SC(=Nc3cccc(Cl)c3C)NC2=O)ccc1OCc1ccc([N+](=O)[O-])cc1. The third-order valence-corrected chi connectivity index (χ3v) is 6.54. The third kappa shape index (κ3) is 6.05. The molecule has 4 rings (SSSR count). The summed E-state index contributed by atoms with van der Waals surface area (Å²) in [5.41, 5.74) is 3.11. The number of amidine groups is 1. The minimum Gasteiger partial charge on any atom is -0.490 e. The van der Waals surface area contributed by atoms with Crippen LogP contribution in [0.25, 0.3) is 6.08 Å². The number of carbonyl (C=O) groups excluding carboxylic acids is 1. The zero-order valence-corrected chi connectivity index (χ0v) is 21.1. The molecule has 10 heteroatoms. The van der Waals surface area contributed by atoms with Gasteiger partial charge in [0.15, 0.2) is 16.7 Å². The molecule has 3 aromatic carbocycles. The monoisotopic (exact) mass is 523 g/mol. The fourth-order valence-corrected chi connectivity index (χ4v) is 4.34. The first-order chi connectivity index (χ1) is 17.3. The van der Waals surface area contributed by atoms with Crippen LogP contribution in [0.4, 0.5) is 11.4 Å². The summed E-state index contributed by atoms with van der Waals surface area (Å²) in [5.74, 6) is 0.815. The maximum atomic E-state index is 12.5. The average Bonchev–Trinajstić information content (AvgIpc) is 3.20. The number of nitro benzene ring substituents is 1. The molecule has 1 amide bonds. The number of halogens is 1. The lowest BCUT2D eigenvalue weighted by atomic mass is 10.1. The number of non-ortho nitro benzene ring substituents is 1. The second kappa shape index (κ2) is 11.3. The Hall–Kier alpha value is -3.82. The molecule has 3 aromatic rings. The van der Waals surface area contributed by atoms with Gasteiger partial charge in [0, 0.05) is 17.2 Å². The number of nitro groups is 1. The average molecular weight is 524 g/mol. The van der Waals surface area contributed by atoms with Crippen LogP contribution < -0.4 is 14.8 Å². The number of carbonyl (C=O) groups is 1. The Kier molecular flexibility index (Phi) is 7.92. The zero-order chi connectivity index (χ0) is 25.7. The largest absolute Gasteiger partial charge is 0.490 e. The maximum Gasteiger partial charge on any atom is 0.269 e. The maximum absolute atomic E-state index is 12.5. The Labute approximate surface area is 217 Å². The van der Waals surface area contributed by atoms with Crippen LogP contribution in [-0.4, -0.2) is 22.6 Å². The van der Waals surface area contributed by atoms with Crippen molar-refractivity contribution in [3.63, 3.8) is 0 Å². The van der Waals surface area contributed by atoms with E-state index in [4.69, 9.17) is 21.1 Å². The van der Waals surface area contributed by atoms with Crippen molar-refractivity contribution in [1.29, 1.82) is 0 Å². The number of rotatable bonds is 8. The first kappa shape index (κ1) is 25.3. The predicted octanol–water partition coefficient (Wildman–Crippen LogP) is 6.43. The number of nitrogens with one attached hydrogen (secondary N) is 1. The quantitative estimate of drug-likeness (QED) is 0.207. The summed E-state index contributed by atoms with van der Waals surface area (Å²) in [6, 6.07) is 17.0. The molecule has 1 fully saturated rings. The predicted molar refractivity (Wildman–Crippen MR) is 142 cm³/mol. The fourth-order valence-electron chi connectivity index (χ4n) is 3.34. The topological polar surface area (TPSA) is 103 Å². The van der Waals surface area contributed by atoms with Crippen LogP contribution in [0.5, 0.6) is 11.5 Å². The molecule has 1 N–H and O–H groups in total. The van der Waals surface area contributed by atoms with Gasteiger partial charge in [-0.3, -0.25) is 14.9 Å². The normalized spacial score (nSPS) is 15.2. The van der Waals surface area contributed by atoms with Crippen LogP contribution in [0.2, 0.25) is 5.02 Å². The molecule has 8 nitrogen and oxygen atoms in total. The highest BCUT2D eigenvalue weighted by molar-refractivity contribution is 8.18. The van der Waals surface area contributed by atoms with Crippen molar-refractivity contribution in [2.45, 2.75) is 20.5 Å². The van der Waals surface area contributed by atoms with E-state index >= 15 is 0 Å². The van der Waals surface area contributed by atoms with Gasteiger partial charge in [0.05, 0.1) is 22.1 Å². The standard InChI is InChI=1S/C26H22ClN3O5S/c1-3-34-23-13-18(9-12-22(23)35-15-17-7-10-19(11-8-17)30(32)33)14-24-25(31)29-26(36-24)28-21-6-4-5-20(27)16(21)2/h4-14H,3,15H2,1-2H3,(H,28,29,31)/b24-14-. The van der Waals surface area contributed by atoms with Gasteiger partial charge in [-0.1, -0.05) is 23.7 Å². The molecule has 0 spiro atoms. The molecule has 1 saturated heterocycles. The van der Waals surface area contributed by atoms with Crippen molar-refractivity contribution >= 4 is 51.9 Å².